The van der Waals surface area contributed by atoms with E-state index in [0.29, 0.717) is 29.9 Å². The van der Waals surface area contributed by atoms with Crippen molar-refractivity contribution in [2.24, 2.45) is 0 Å². The van der Waals surface area contributed by atoms with Crippen molar-refractivity contribution in [2.45, 2.75) is 18.9 Å². The zero-order valence-corrected chi connectivity index (χ0v) is 13.9. The van der Waals surface area contributed by atoms with Gasteiger partial charge in [0.25, 0.3) is 0 Å². The fraction of sp³-hybridized carbons (Fsp3) is 0.312. The van der Waals surface area contributed by atoms with Crippen molar-refractivity contribution in [2.75, 3.05) is 12.8 Å². The van der Waals surface area contributed by atoms with Crippen molar-refractivity contribution < 1.29 is 18.3 Å². The van der Waals surface area contributed by atoms with Crippen molar-refractivity contribution in [1.29, 1.82) is 0 Å². The molecule has 0 bridgehead atoms. The van der Waals surface area contributed by atoms with Gasteiger partial charge in [-0.2, -0.15) is 4.31 Å². The van der Waals surface area contributed by atoms with Gasteiger partial charge in [0, 0.05) is 24.5 Å². The van der Waals surface area contributed by atoms with Crippen molar-refractivity contribution in [3.63, 3.8) is 0 Å². The Morgan fingerprint density at radius 1 is 1.21 bits per heavy atom. The molecular formula is C16H17N3O4S. The van der Waals surface area contributed by atoms with Crippen LogP contribution in [0.5, 0.6) is 0 Å². The van der Waals surface area contributed by atoms with Crippen LogP contribution in [-0.4, -0.2) is 46.6 Å². The van der Waals surface area contributed by atoms with E-state index in [4.69, 9.17) is 5.11 Å². The van der Waals surface area contributed by atoms with Crippen LogP contribution >= 0.6 is 0 Å². The highest BCUT2D eigenvalue weighted by Gasteiger charge is 2.35. The molecule has 2 aromatic rings. The van der Waals surface area contributed by atoms with E-state index in [2.05, 4.69) is 9.97 Å². The van der Waals surface area contributed by atoms with Gasteiger partial charge in [0.05, 0.1) is 29.2 Å². The Labute approximate surface area is 140 Å². The Morgan fingerprint density at radius 3 is 2.50 bits per heavy atom. The second kappa shape index (κ2) is 6.29. The quantitative estimate of drug-likeness (QED) is 0.907. The highest BCUT2D eigenvalue weighted by atomic mass is 32.2. The van der Waals surface area contributed by atoms with Gasteiger partial charge in [-0.05, 0) is 25.0 Å². The van der Waals surface area contributed by atoms with Gasteiger partial charge in [0.15, 0.2) is 0 Å². The van der Waals surface area contributed by atoms with Crippen LogP contribution < -0.4 is 0 Å². The van der Waals surface area contributed by atoms with Crippen LogP contribution in [0.4, 0.5) is 0 Å². The van der Waals surface area contributed by atoms with Crippen LogP contribution in [0.1, 0.15) is 34.9 Å². The fourth-order valence-electron chi connectivity index (χ4n) is 3.00. The average Bonchev–Trinajstić information content (AvgIpc) is 3.05. The summed E-state index contributed by atoms with van der Waals surface area (Å²) in [5.74, 6) is -1.00. The molecular weight excluding hydrogens is 330 g/mol. The lowest BCUT2D eigenvalue weighted by molar-refractivity contribution is 0.0697. The molecule has 0 amide bonds. The van der Waals surface area contributed by atoms with Crippen molar-refractivity contribution in [3.05, 3.63) is 47.9 Å². The van der Waals surface area contributed by atoms with Crippen molar-refractivity contribution >= 4 is 16.0 Å². The number of rotatable bonds is 4. The second-order valence-corrected chi connectivity index (χ2v) is 7.64. The third kappa shape index (κ3) is 3.15. The summed E-state index contributed by atoms with van der Waals surface area (Å²) in [4.78, 5) is 19.7. The summed E-state index contributed by atoms with van der Waals surface area (Å²) < 4.78 is 25.4. The molecule has 24 heavy (non-hydrogen) atoms. The highest BCUT2D eigenvalue weighted by Crippen LogP contribution is 2.36. The molecule has 8 heteroatoms. The molecule has 126 valence electrons. The summed E-state index contributed by atoms with van der Waals surface area (Å²) in [5, 5.41) is 9.00. The minimum absolute atomic E-state index is 0.183. The number of carboxylic acids is 1. The molecule has 3 rings (SSSR count). The largest absolute Gasteiger partial charge is 0.478 e. The molecule has 2 heterocycles. The normalized spacial score (nSPS) is 18.6. The average molecular weight is 347 g/mol. The first-order chi connectivity index (χ1) is 11.4. The third-order valence-electron chi connectivity index (χ3n) is 4.08. The van der Waals surface area contributed by atoms with Gasteiger partial charge in [0.1, 0.15) is 0 Å². The molecule has 1 saturated heterocycles. The van der Waals surface area contributed by atoms with Gasteiger partial charge >= 0.3 is 5.97 Å². The minimum Gasteiger partial charge on any atom is -0.478 e. The van der Waals surface area contributed by atoms with E-state index in [1.807, 2.05) is 0 Å². The molecule has 0 unspecified atom stereocenters. The highest BCUT2D eigenvalue weighted by molar-refractivity contribution is 7.88. The van der Waals surface area contributed by atoms with Crippen molar-refractivity contribution in [3.8, 4) is 11.3 Å². The Hall–Kier alpha value is -2.32. The number of sulfonamides is 1. The van der Waals surface area contributed by atoms with E-state index in [9.17, 15) is 13.2 Å². The molecule has 0 saturated carbocycles. The molecule has 1 fully saturated rings. The van der Waals surface area contributed by atoms with Gasteiger partial charge in [0.2, 0.25) is 10.0 Å². The first-order valence-electron chi connectivity index (χ1n) is 7.49. The molecule has 1 atom stereocenters. The maximum atomic E-state index is 12.0. The summed E-state index contributed by atoms with van der Waals surface area (Å²) in [6.45, 7) is 0.470. The summed E-state index contributed by atoms with van der Waals surface area (Å²) in [7, 11) is -3.33. The molecule has 0 aliphatic carbocycles. The Morgan fingerprint density at radius 2 is 1.88 bits per heavy atom. The second-order valence-electron chi connectivity index (χ2n) is 5.70. The number of nitrogens with zero attached hydrogens (tertiary/aromatic N) is 3. The number of benzene rings is 1. The van der Waals surface area contributed by atoms with Gasteiger partial charge in [-0.15, -0.1) is 0 Å². The molecule has 0 radical (unpaired) electrons. The Bertz CT molecular complexity index is 865. The zero-order chi connectivity index (χ0) is 17.3. The molecule has 7 nitrogen and oxygen atoms in total. The number of carboxylic acid groups (broad SMARTS) is 1. The van der Waals surface area contributed by atoms with E-state index in [-0.39, 0.29) is 11.6 Å². The van der Waals surface area contributed by atoms with Gasteiger partial charge < -0.3 is 5.11 Å². The molecule has 1 aromatic carbocycles. The lowest BCUT2D eigenvalue weighted by Gasteiger charge is -2.23. The van der Waals surface area contributed by atoms with Crippen LogP contribution in [0, 0.1) is 0 Å². The molecule has 0 spiro atoms. The standard InChI is InChI=1S/C16H17N3O4S/c1-24(22,23)19-10-2-3-13(19)15-14(17-8-9-18-15)11-4-6-12(7-5-11)16(20)21/h4-9,13H,2-3,10H2,1H3,(H,20,21)/t13-/m0/s1. The van der Waals surface area contributed by atoms with E-state index in [1.165, 1.54) is 22.7 Å². The summed E-state index contributed by atoms with van der Waals surface area (Å²) in [6, 6.07) is 5.98. The minimum atomic E-state index is -3.33. The maximum absolute atomic E-state index is 12.0. The smallest absolute Gasteiger partial charge is 0.335 e. The fourth-order valence-corrected chi connectivity index (χ4v) is 4.12. The van der Waals surface area contributed by atoms with Crippen LogP contribution in [0.2, 0.25) is 0 Å². The lowest BCUT2D eigenvalue weighted by Crippen LogP contribution is -2.30. The van der Waals surface area contributed by atoms with E-state index in [1.54, 1.807) is 24.5 Å². The Balaban J connectivity index is 2.04. The zero-order valence-electron chi connectivity index (χ0n) is 13.1. The number of carbonyl (C=O) groups is 1. The Kier molecular flexibility index (Phi) is 4.33. The van der Waals surface area contributed by atoms with Crippen LogP contribution in [0.25, 0.3) is 11.3 Å². The topological polar surface area (TPSA) is 100 Å². The first kappa shape index (κ1) is 16.5. The summed E-state index contributed by atoms with van der Waals surface area (Å²) in [6.07, 6.45) is 5.74. The molecule has 1 aromatic heterocycles. The van der Waals surface area contributed by atoms with E-state index < -0.39 is 16.0 Å². The van der Waals surface area contributed by atoms with E-state index in [0.717, 1.165) is 6.42 Å². The van der Waals surface area contributed by atoms with Gasteiger partial charge in [-0.25, -0.2) is 13.2 Å². The van der Waals surface area contributed by atoms with Gasteiger partial charge in [-0.1, -0.05) is 12.1 Å². The SMILES string of the molecule is CS(=O)(=O)N1CCC[C@H]1c1nccnc1-c1ccc(C(=O)O)cc1. The predicted octanol–water partition coefficient (Wildman–Crippen LogP) is 1.94. The summed E-state index contributed by atoms with van der Waals surface area (Å²) >= 11 is 0. The van der Waals surface area contributed by atoms with Crippen LogP contribution in [-0.2, 0) is 10.0 Å². The predicted molar refractivity (Wildman–Crippen MR) is 88.0 cm³/mol. The first-order valence-corrected chi connectivity index (χ1v) is 9.34. The van der Waals surface area contributed by atoms with E-state index >= 15 is 0 Å². The maximum Gasteiger partial charge on any atom is 0.335 e. The van der Waals surface area contributed by atoms with Gasteiger partial charge in [-0.3, -0.25) is 9.97 Å². The number of aromatic nitrogens is 2. The number of hydrogen-bond donors (Lipinski definition) is 1. The molecule has 1 N–H and O–H groups in total. The molecule has 1 aliphatic rings. The number of hydrogen-bond acceptors (Lipinski definition) is 5. The monoisotopic (exact) mass is 347 g/mol. The van der Waals surface area contributed by atoms with Crippen LogP contribution in [0.15, 0.2) is 36.7 Å². The van der Waals surface area contributed by atoms with Crippen LogP contribution in [0.3, 0.4) is 0 Å². The lowest BCUT2D eigenvalue weighted by atomic mass is 10.0. The van der Waals surface area contributed by atoms with Crippen molar-refractivity contribution in [1.82, 2.24) is 14.3 Å². The number of aromatic carboxylic acids is 1. The third-order valence-corrected chi connectivity index (χ3v) is 5.37. The molecule has 1 aliphatic heterocycles. The summed E-state index contributed by atoms with van der Waals surface area (Å²) in [5.41, 5.74) is 2.07.